The summed E-state index contributed by atoms with van der Waals surface area (Å²) < 4.78 is 5.62. The summed E-state index contributed by atoms with van der Waals surface area (Å²) in [5, 5.41) is 3.45. The lowest BCUT2D eigenvalue weighted by Crippen LogP contribution is -2.35. The third kappa shape index (κ3) is 8.25. The zero-order valence-electron chi connectivity index (χ0n) is 13.6. The van der Waals surface area contributed by atoms with Gasteiger partial charge in [-0.1, -0.05) is 6.07 Å². The highest BCUT2D eigenvalue weighted by Crippen LogP contribution is 2.05. The summed E-state index contributed by atoms with van der Waals surface area (Å²) in [6.45, 7) is 9.78. The number of hydrogen-bond donors (Lipinski definition) is 1. The molecule has 0 spiro atoms. The van der Waals surface area contributed by atoms with Crippen LogP contribution in [-0.4, -0.2) is 42.7 Å². The van der Waals surface area contributed by atoms with Gasteiger partial charge in [0.05, 0.1) is 12.3 Å². The Balaban J connectivity index is 2.25. The van der Waals surface area contributed by atoms with Gasteiger partial charge in [0.1, 0.15) is 0 Å². The fourth-order valence-electron chi connectivity index (χ4n) is 1.67. The first-order valence-corrected chi connectivity index (χ1v) is 7.28. The Hall–Kier alpha value is -0.970. The average molecular weight is 279 g/mol. The lowest BCUT2D eigenvalue weighted by Gasteiger charge is -2.20. The largest absolute Gasteiger partial charge is 0.375 e. The van der Waals surface area contributed by atoms with Gasteiger partial charge in [0.25, 0.3) is 0 Å². The van der Waals surface area contributed by atoms with E-state index in [4.69, 9.17) is 4.74 Å². The van der Waals surface area contributed by atoms with E-state index in [1.165, 1.54) is 5.56 Å². The van der Waals surface area contributed by atoms with Gasteiger partial charge in [-0.15, -0.1) is 0 Å². The number of aromatic nitrogens is 1. The molecule has 0 saturated carbocycles. The Morgan fingerprint density at radius 2 is 2.00 bits per heavy atom. The van der Waals surface area contributed by atoms with E-state index in [-0.39, 0.29) is 5.54 Å². The van der Waals surface area contributed by atoms with Crippen molar-refractivity contribution in [3.63, 3.8) is 0 Å². The molecule has 1 rings (SSSR count). The zero-order chi connectivity index (χ0) is 15.0. The maximum absolute atomic E-state index is 5.62. The van der Waals surface area contributed by atoms with Crippen molar-refractivity contribution in [2.75, 3.05) is 27.2 Å². The summed E-state index contributed by atoms with van der Waals surface area (Å²) in [7, 11) is 4.15. The minimum atomic E-state index is 0.133. The third-order valence-corrected chi connectivity index (χ3v) is 2.85. The molecule has 1 aromatic rings. The van der Waals surface area contributed by atoms with Crippen LogP contribution in [0.4, 0.5) is 0 Å². The van der Waals surface area contributed by atoms with E-state index in [0.717, 1.165) is 31.8 Å². The zero-order valence-corrected chi connectivity index (χ0v) is 13.6. The molecular weight excluding hydrogens is 250 g/mol. The number of pyridine rings is 1. The number of ether oxygens (including phenoxy) is 1. The summed E-state index contributed by atoms with van der Waals surface area (Å²) in [4.78, 5) is 6.60. The van der Waals surface area contributed by atoms with Crippen molar-refractivity contribution >= 4 is 0 Å². The van der Waals surface area contributed by atoms with Gasteiger partial charge in [-0.2, -0.15) is 0 Å². The van der Waals surface area contributed by atoms with Gasteiger partial charge in [-0.25, -0.2) is 0 Å². The smallest absolute Gasteiger partial charge is 0.0887 e. The van der Waals surface area contributed by atoms with Crippen molar-refractivity contribution in [2.24, 2.45) is 0 Å². The summed E-state index contributed by atoms with van der Waals surface area (Å²) in [5.41, 5.74) is 2.33. The van der Waals surface area contributed by atoms with Crippen molar-refractivity contribution in [3.05, 3.63) is 29.6 Å². The lowest BCUT2D eigenvalue weighted by atomic mass is 10.1. The van der Waals surface area contributed by atoms with E-state index in [1.807, 2.05) is 12.3 Å². The quantitative estimate of drug-likeness (QED) is 0.742. The molecule has 4 nitrogen and oxygen atoms in total. The van der Waals surface area contributed by atoms with Crippen LogP contribution in [0.25, 0.3) is 0 Å². The molecule has 1 heterocycles. The van der Waals surface area contributed by atoms with E-state index in [2.05, 4.69) is 56.1 Å². The highest BCUT2D eigenvalue weighted by atomic mass is 16.5. The second kappa shape index (κ2) is 8.35. The fourth-order valence-corrected chi connectivity index (χ4v) is 1.67. The van der Waals surface area contributed by atoms with Gasteiger partial charge in [0, 0.05) is 24.9 Å². The Bertz CT molecular complexity index is 368. The molecule has 0 aliphatic heterocycles. The van der Waals surface area contributed by atoms with E-state index in [9.17, 15) is 0 Å². The molecule has 0 fully saturated rings. The molecular formula is C16H29N3O. The van der Waals surface area contributed by atoms with Gasteiger partial charge >= 0.3 is 0 Å². The molecule has 114 valence electrons. The fraction of sp³-hybridized carbons (Fsp3) is 0.688. The van der Waals surface area contributed by atoms with Crippen molar-refractivity contribution in [1.82, 2.24) is 15.2 Å². The molecule has 0 amide bonds. The van der Waals surface area contributed by atoms with Gasteiger partial charge in [-0.05, 0) is 59.5 Å². The highest BCUT2D eigenvalue weighted by Gasteiger charge is 2.08. The van der Waals surface area contributed by atoms with Gasteiger partial charge < -0.3 is 15.0 Å². The molecule has 1 N–H and O–H groups in total. The van der Waals surface area contributed by atoms with E-state index >= 15 is 0 Å². The van der Waals surface area contributed by atoms with Crippen LogP contribution in [-0.2, 0) is 17.9 Å². The molecule has 0 aromatic carbocycles. The average Bonchev–Trinajstić information content (AvgIpc) is 2.36. The first kappa shape index (κ1) is 17.1. The van der Waals surface area contributed by atoms with Crippen molar-refractivity contribution < 1.29 is 4.74 Å². The number of hydrogen-bond acceptors (Lipinski definition) is 4. The Labute approximate surface area is 123 Å². The Kier molecular flexibility index (Phi) is 7.13. The predicted molar refractivity (Wildman–Crippen MR) is 83.7 cm³/mol. The molecule has 0 aliphatic carbocycles. The number of nitrogens with zero attached hydrogens (tertiary/aromatic N) is 2. The van der Waals surface area contributed by atoms with Crippen LogP contribution in [0, 0.1) is 0 Å². The molecule has 0 bridgehead atoms. The van der Waals surface area contributed by atoms with Crippen LogP contribution in [0.3, 0.4) is 0 Å². The van der Waals surface area contributed by atoms with E-state index in [1.54, 1.807) is 0 Å². The first-order valence-electron chi connectivity index (χ1n) is 7.28. The minimum absolute atomic E-state index is 0.133. The van der Waals surface area contributed by atoms with Crippen LogP contribution in [0.2, 0.25) is 0 Å². The molecule has 4 heteroatoms. The molecule has 0 unspecified atom stereocenters. The summed E-state index contributed by atoms with van der Waals surface area (Å²) in [6.07, 6.45) is 2.98. The second-order valence-corrected chi connectivity index (χ2v) is 6.47. The predicted octanol–water partition coefficient (Wildman–Crippen LogP) is 2.44. The molecule has 0 saturated heterocycles. The third-order valence-electron chi connectivity index (χ3n) is 2.85. The van der Waals surface area contributed by atoms with Gasteiger partial charge in [-0.3, -0.25) is 4.98 Å². The number of rotatable bonds is 8. The summed E-state index contributed by atoms with van der Waals surface area (Å²) in [6, 6.07) is 4.16. The molecule has 0 atom stereocenters. The van der Waals surface area contributed by atoms with Crippen LogP contribution >= 0.6 is 0 Å². The SMILES string of the molecule is CN(C)CCCOCc1ccc(CNC(C)(C)C)cn1. The van der Waals surface area contributed by atoms with Crippen LogP contribution in [0.15, 0.2) is 18.3 Å². The Morgan fingerprint density at radius 3 is 2.55 bits per heavy atom. The van der Waals surface area contributed by atoms with Crippen LogP contribution < -0.4 is 5.32 Å². The topological polar surface area (TPSA) is 37.4 Å². The molecule has 1 aromatic heterocycles. The monoisotopic (exact) mass is 279 g/mol. The standard InChI is InChI=1S/C16H29N3O/c1-16(2,3)18-12-14-7-8-15(17-11-14)13-20-10-6-9-19(4)5/h7-8,11,18H,6,9-10,12-13H2,1-5H3. The normalized spacial score (nSPS) is 12.1. The van der Waals surface area contributed by atoms with E-state index < -0.39 is 0 Å². The van der Waals surface area contributed by atoms with Crippen LogP contribution in [0.5, 0.6) is 0 Å². The lowest BCUT2D eigenvalue weighted by molar-refractivity contribution is 0.110. The summed E-state index contributed by atoms with van der Waals surface area (Å²) in [5.74, 6) is 0. The minimum Gasteiger partial charge on any atom is -0.375 e. The first-order chi connectivity index (χ1) is 9.37. The van der Waals surface area contributed by atoms with Crippen molar-refractivity contribution in [2.45, 2.75) is 45.9 Å². The molecule has 20 heavy (non-hydrogen) atoms. The molecule has 0 aliphatic rings. The van der Waals surface area contributed by atoms with Gasteiger partial charge in [0.2, 0.25) is 0 Å². The number of nitrogens with one attached hydrogen (secondary N) is 1. The second-order valence-electron chi connectivity index (χ2n) is 6.47. The van der Waals surface area contributed by atoms with Crippen molar-refractivity contribution in [3.8, 4) is 0 Å². The molecule has 0 radical (unpaired) electrons. The van der Waals surface area contributed by atoms with E-state index in [0.29, 0.717) is 6.61 Å². The summed E-state index contributed by atoms with van der Waals surface area (Å²) >= 11 is 0. The highest BCUT2D eigenvalue weighted by molar-refractivity contribution is 5.13. The van der Waals surface area contributed by atoms with Gasteiger partial charge in [0.15, 0.2) is 0 Å². The van der Waals surface area contributed by atoms with Crippen LogP contribution in [0.1, 0.15) is 38.4 Å². The maximum Gasteiger partial charge on any atom is 0.0887 e. The Morgan fingerprint density at radius 1 is 1.25 bits per heavy atom. The maximum atomic E-state index is 5.62. The van der Waals surface area contributed by atoms with Crippen molar-refractivity contribution in [1.29, 1.82) is 0 Å².